The number of likely N-dealkylation sites (tertiary alicyclic amines) is 1. The molecule has 1 fully saturated rings. The molecule has 1 aromatic rings. The maximum absolute atomic E-state index is 11.1. The summed E-state index contributed by atoms with van der Waals surface area (Å²) in [4.78, 5) is 21.8. The van der Waals surface area contributed by atoms with E-state index < -0.39 is 0 Å². The summed E-state index contributed by atoms with van der Waals surface area (Å²) < 4.78 is 0. The molecule has 1 amide bonds. The number of amides is 1. The highest BCUT2D eigenvalue weighted by Crippen LogP contribution is 2.22. The van der Waals surface area contributed by atoms with Crippen LogP contribution in [0.15, 0.2) is 17.3 Å². The lowest BCUT2D eigenvalue weighted by atomic mass is 9.95. The molecule has 0 saturated carbocycles. The molecule has 2 rings (SSSR count). The molecule has 1 saturated heterocycles. The van der Waals surface area contributed by atoms with Gasteiger partial charge in [-0.3, -0.25) is 9.79 Å². The lowest BCUT2D eigenvalue weighted by molar-refractivity contribution is -0.119. The lowest BCUT2D eigenvalue weighted by Crippen LogP contribution is -2.48. The van der Waals surface area contributed by atoms with Crippen molar-refractivity contribution in [1.82, 2.24) is 15.2 Å². The highest BCUT2D eigenvalue weighted by Gasteiger charge is 2.23. The molecule has 2 heterocycles. The van der Waals surface area contributed by atoms with E-state index in [0.29, 0.717) is 41.3 Å². The fourth-order valence-corrected chi connectivity index (χ4v) is 3.39. The maximum Gasteiger partial charge on any atom is 0.217 e. The van der Waals surface area contributed by atoms with E-state index in [0.717, 1.165) is 31.9 Å². The molecule has 138 valence electrons. The largest absolute Gasteiger partial charge is 0.370 e. The van der Waals surface area contributed by atoms with Gasteiger partial charge >= 0.3 is 0 Å². The Morgan fingerprint density at radius 3 is 2.96 bits per heavy atom. The predicted octanol–water partition coefficient (Wildman–Crippen LogP) is 1.96. The number of rotatable bonds is 6. The summed E-state index contributed by atoms with van der Waals surface area (Å²) in [5.74, 6) is 1.47. The number of hydrogen-bond acceptors (Lipinski definition) is 4. The first kappa shape index (κ1) is 19.6. The Kier molecular flexibility index (Phi) is 7.58. The molecule has 4 N–H and O–H groups in total. The lowest BCUT2D eigenvalue weighted by Gasteiger charge is -2.34. The summed E-state index contributed by atoms with van der Waals surface area (Å²) in [5, 5.41) is 7.47. The van der Waals surface area contributed by atoms with Crippen LogP contribution in [0.3, 0.4) is 0 Å². The average molecular weight is 387 g/mol. The van der Waals surface area contributed by atoms with Crippen molar-refractivity contribution in [1.29, 1.82) is 0 Å². The van der Waals surface area contributed by atoms with E-state index in [2.05, 4.69) is 25.5 Å². The fourth-order valence-electron chi connectivity index (χ4n) is 2.94. The van der Waals surface area contributed by atoms with Crippen molar-refractivity contribution in [3.63, 3.8) is 0 Å². The number of piperidine rings is 1. The molecule has 1 unspecified atom stereocenters. The summed E-state index contributed by atoms with van der Waals surface area (Å²) in [6.45, 7) is 3.00. The van der Waals surface area contributed by atoms with E-state index in [4.69, 9.17) is 28.9 Å². The molecule has 9 heteroatoms. The summed E-state index contributed by atoms with van der Waals surface area (Å²) in [6, 6.07) is 1.65. The number of nitrogens with two attached hydrogens (primary N) is 1. The molecule has 1 aliphatic rings. The summed E-state index contributed by atoms with van der Waals surface area (Å²) in [7, 11) is 1.76. The number of nitrogens with one attached hydrogen (secondary N) is 2. The van der Waals surface area contributed by atoms with Crippen molar-refractivity contribution < 1.29 is 4.79 Å². The molecule has 0 bridgehead atoms. The normalized spacial score (nSPS) is 18.1. The second kappa shape index (κ2) is 9.68. The zero-order chi connectivity index (χ0) is 18.2. The third-order valence-electron chi connectivity index (χ3n) is 4.03. The van der Waals surface area contributed by atoms with Gasteiger partial charge in [0, 0.05) is 45.8 Å². The predicted molar refractivity (Wildman–Crippen MR) is 102 cm³/mol. The third-order valence-corrected chi connectivity index (χ3v) is 4.52. The van der Waals surface area contributed by atoms with E-state index in [1.54, 1.807) is 19.3 Å². The Balaban J connectivity index is 1.79. The van der Waals surface area contributed by atoms with E-state index in [9.17, 15) is 4.79 Å². The van der Waals surface area contributed by atoms with Gasteiger partial charge in [-0.1, -0.05) is 23.2 Å². The van der Waals surface area contributed by atoms with Crippen LogP contribution < -0.4 is 16.4 Å². The number of aromatic nitrogens is 1. The van der Waals surface area contributed by atoms with Crippen LogP contribution >= 0.6 is 23.2 Å². The van der Waals surface area contributed by atoms with Crippen molar-refractivity contribution in [3.8, 4) is 0 Å². The molecular formula is C16H24Cl2N6O. The van der Waals surface area contributed by atoms with E-state index in [1.165, 1.54) is 0 Å². The molecule has 25 heavy (non-hydrogen) atoms. The minimum atomic E-state index is -0.244. The van der Waals surface area contributed by atoms with Crippen LogP contribution in [0.4, 0.5) is 5.82 Å². The average Bonchev–Trinajstić information content (AvgIpc) is 2.56. The Morgan fingerprint density at radius 1 is 1.48 bits per heavy atom. The number of pyridine rings is 1. The first-order chi connectivity index (χ1) is 12.0. The fraction of sp³-hybridized carbons (Fsp3) is 0.562. The maximum atomic E-state index is 11.1. The molecule has 7 nitrogen and oxygen atoms in total. The molecule has 0 radical (unpaired) electrons. The van der Waals surface area contributed by atoms with Crippen molar-refractivity contribution in [2.75, 3.05) is 38.5 Å². The van der Waals surface area contributed by atoms with Gasteiger partial charge in [0.25, 0.3) is 0 Å². The standard InChI is InChI=1S/C16H24Cl2N6O/c1-20-16(24-6-2-3-11(10-24)7-14(19)25)22-5-4-21-15-13(18)8-12(17)9-23-15/h8-9,11H,2-7,10H2,1H3,(H2,19,25)(H,20,22)(H,21,23). The number of nitrogens with zero attached hydrogens (tertiary/aromatic N) is 3. The molecule has 1 atom stereocenters. The number of aliphatic imine (C=N–C) groups is 1. The number of carbonyl (C=O) groups excluding carboxylic acids is 1. The van der Waals surface area contributed by atoms with Crippen molar-refractivity contribution in [2.24, 2.45) is 16.6 Å². The van der Waals surface area contributed by atoms with Crippen LogP contribution in [-0.2, 0) is 4.79 Å². The van der Waals surface area contributed by atoms with Crippen molar-refractivity contribution >= 4 is 40.9 Å². The minimum Gasteiger partial charge on any atom is -0.370 e. The number of primary amides is 1. The molecular weight excluding hydrogens is 363 g/mol. The Morgan fingerprint density at radius 2 is 2.28 bits per heavy atom. The molecule has 1 aromatic heterocycles. The Bertz CT molecular complexity index is 625. The van der Waals surface area contributed by atoms with Crippen LogP contribution in [-0.4, -0.2) is 55.0 Å². The topological polar surface area (TPSA) is 95.6 Å². The van der Waals surface area contributed by atoms with Gasteiger partial charge in [-0.25, -0.2) is 4.98 Å². The smallest absolute Gasteiger partial charge is 0.217 e. The van der Waals surface area contributed by atoms with Crippen LogP contribution in [0.5, 0.6) is 0 Å². The van der Waals surface area contributed by atoms with Crippen molar-refractivity contribution in [3.05, 3.63) is 22.3 Å². The Hall–Kier alpha value is -1.73. The van der Waals surface area contributed by atoms with Gasteiger partial charge in [0.05, 0.1) is 10.0 Å². The first-order valence-electron chi connectivity index (χ1n) is 8.28. The van der Waals surface area contributed by atoms with Gasteiger partial charge in [-0.15, -0.1) is 0 Å². The van der Waals surface area contributed by atoms with E-state index in [1.807, 2.05) is 0 Å². The zero-order valence-corrected chi connectivity index (χ0v) is 15.8. The van der Waals surface area contributed by atoms with Crippen LogP contribution in [0.25, 0.3) is 0 Å². The molecule has 0 aromatic carbocycles. The van der Waals surface area contributed by atoms with Gasteiger partial charge in [0.15, 0.2) is 5.96 Å². The SMILES string of the molecule is CN=C(NCCNc1ncc(Cl)cc1Cl)N1CCCC(CC(N)=O)C1. The zero-order valence-electron chi connectivity index (χ0n) is 14.3. The number of guanidine groups is 1. The van der Waals surface area contributed by atoms with Crippen LogP contribution in [0, 0.1) is 5.92 Å². The third kappa shape index (κ3) is 6.25. The van der Waals surface area contributed by atoms with Crippen molar-refractivity contribution in [2.45, 2.75) is 19.3 Å². The number of anilines is 1. The van der Waals surface area contributed by atoms with Gasteiger partial charge in [-0.05, 0) is 24.8 Å². The number of carbonyl (C=O) groups is 1. The number of hydrogen-bond donors (Lipinski definition) is 3. The second-order valence-corrected chi connectivity index (χ2v) is 6.85. The van der Waals surface area contributed by atoms with Gasteiger partial charge < -0.3 is 21.3 Å². The first-order valence-corrected chi connectivity index (χ1v) is 9.04. The van der Waals surface area contributed by atoms with Crippen LogP contribution in [0.2, 0.25) is 10.0 Å². The quantitative estimate of drug-likeness (QED) is 0.394. The van der Waals surface area contributed by atoms with E-state index >= 15 is 0 Å². The van der Waals surface area contributed by atoms with Gasteiger partial charge in [0.2, 0.25) is 5.91 Å². The minimum absolute atomic E-state index is 0.244. The molecule has 0 spiro atoms. The molecule has 1 aliphatic heterocycles. The second-order valence-electron chi connectivity index (χ2n) is 6.01. The summed E-state index contributed by atoms with van der Waals surface area (Å²) in [6.07, 6.45) is 4.03. The van der Waals surface area contributed by atoms with Gasteiger partial charge in [0.1, 0.15) is 5.82 Å². The Labute approximate surface area is 158 Å². The monoisotopic (exact) mass is 386 g/mol. The number of halogens is 2. The van der Waals surface area contributed by atoms with Gasteiger partial charge in [-0.2, -0.15) is 0 Å². The summed E-state index contributed by atoms with van der Waals surface area (Å²) >= 11 is 11.9. The van der Waals surface area contributed by atoms with E-state index in [-0.39, 0.29) is 5.91 Å². The summed E-state index contributed by atoms with van der Waals surface area (Å²) in [5.41, 5.74) is 5.32. The van der Waals surface area contributed by atoms with Crippen LogP contribution in [0.1, 0.15) is 19.3 Å². The molecule has 0 aliphatic carbocycles. The highest BCUT2D eigenvalue weighted by molar-refractivity contribution is 6.35. The highest BCUT2D eigenvalue weighted by atomic mass is 35.5.